The molecule has 1 aliphatic heterocycles. The van der Waals surface area contributed by atoms with E-state index in [4.69, 9.17) is 9.88 Å². The molecule has 7 nitrogen and oxygen atoms in total. The Kier molecular flexibility index (Phi) is 5.93. The molecule has 0 atom stereocenters. The van der Waals surface area contributed by atoms with Gasteiger partial charge in [-0.25, -0.2) is 18.5 Å². The summed E-state index contributed by atoms with van der Waals surface area (Å²) >= 11 is 0. The summed E-state index contributed by atoms with van der Waals surface area (Å²) in [5.41, 5.74) is 0.142. The Morgan fingerprint density at radius 3 is 2.64 bits per heavy atom. The summed E-state index contributed by atoms with van der Waals surface area (Å²) in [6, 6.07) is 3.09. The third-order valence-corrected chi connectivity index (χ3v) is 6.23. The van der Waals surface area contributed by atoms with E-state index in [2.05, 4.69) is 15.2 Å². The van der Waals surface area contributed by atoms with Crippen molar-refractivity contribution < 1.29 is 13.2 Å². The highest BCUT2D eigenvalue weighted by atomic mass is 32.2. The van der Waals surface area contributed by atoms with Crippen LogP contribution < -0.4 is 10.5 Å². The van der Waals surface area contributed by atoms with Gasteiger partial charge in [-0.1, -0.05) is 19.3 Å². The van der Waals surface area contributed by atoms with Gasteiger partial charge in [-0.2, -0.15) is 0 Å². The number of hydrogen-bond acceptors (Lipinski definition) is 6. The molecule has 1 aromatic heterocycles. The predicted octanol–water partition coefficient (Wildman–Crippen LogP) is 1.42. The molecular formula is C17H28N4O3S. The first kappa shape index (κ1) is 18.6. The molecule has 0 unspecified atom stereocenters. The second-order valence-electron chi connectivity index (χ2n) is 7.20. The minimum atomic E-state index is -3.79. The number of nitrogens with zero attached hydrogens (tertiary/aromatic N) is 2. The van der Waals surface area contributed by atoms with Gasteiger partial charge in [0.2, 0.25) is 10.0 Å². The van der Waals surface area contributed by atoms with E-state index < -0.39 is 10.0 Å². The molecule has 8 heteroatoms. The zero-order valence-corrected chi connectivity index (χ0v) is 15.4. The number of ether oxygens (including phenoxy) is 1. The van der Waals surface area contributed by atoms with Gasteiger partial charge >= 0.3 is 0 Å². The van der Waals surface area contributed by atoms with Gasteiger partial charge in [0, 0.05) is 37.8 Å². The summed E-state index contributed by atoms with van der Waals surface area (Å²) in [5, 5.41) is 8.61. The van der Waals surface area contributed by atoms with E-state index in [0.29, 0.717) is 12.4 Å². The van der Waals surface area contributed by atoms with Crippen LogP contribution in [0.2, 0.25) is 0 Å². The van der Waals surface area contributed by atoms with E-state index in [1.165, 1.54) is 25.3 Å². The van der Waals surface area contributed by atoms with Gasteiger partial charge in [-0.3, -0.25) is 4.90 Å². The molecule has 0 aromatic carbocycles. The third kappa shape index (κ3) is 4.91. The Balaban J connectivity index is 1.73. The molecule has 1 aromatic rings. The predicted molar refractivity (Wildman–Crippen MR) is 96.9 cm³/mol. The van der Waals surface area contributed by atoms with Crippen LogP contribution in [0.5, 0.6) is 0 Å². The largest absolute Gasteiger partial charge is 0.379 e. The van der Waals surface area contributed by atoms with Gasteiger partial charge in [0.1, 0.15) is 10.7 Å². The van der Waals surface area contributed by atoms with Gasteiger partial charge in [0.25, 0.3) is 0 Å². The summed E-state index contributed by atoms with van der Waals surface area (Å²) in [4.78, 5) is 6.73. The van der Waals surface area contributed by atoms with Crippen LogP contribution in [0.25, 0.3) is 0 Å². The first-order valence-corrected chi connectivity index (χ1v) is 10.6. The summed E-state index contributed by atoms with van der Waals surface area (Å²) in [6.07, 6.45) is 7.60. The molecule has 2 aliphatic rings. The normalized spacial score (nSPS) is 21.8. The number of anilines is 1. The molecule has 0 radical (unpaired) electrons. The lowest BCUT2D eigenvalue weighted by molar-refractivity contribution is 0.0102. The number of primary sulfonamides is 1. The van der Waals surface area contributed by atoms with E-state index in [1.807, 2.05) is 0 Å². The fourth-order valence-electron chi connectivity index (χ4n) is 3.95. The monoisotopic (exact) mass is 368 g/mol. The maximum absolute atomic E-state index is 11.8. The fraction of sp³-hybridized carbons (Fsp3) is 0.706. The van der Waals surface area contributed by atoms with Crippen molar-refractivity contribution in [2.24, 2.45) is 10.6 Å². The molecule has 2 fully saturated rings. The van der Waals surface area contributed by atoms with Crippen LogP contribution in [-0.2, 0) is 14.8 Å². The molecule has 0 spiro atoms. The van der Waals surface area contributed by atoms with E-state index in [-0.39, 0.29) is 10.3 Å². The number of rotatable bonds is 6. The SMILES string of the molecule is NS(=O)(=O)c1cccnc1NCC1(CN2CCOCC2)CCCCC1. The number of nitrogens with two attached hydrogens (primary N) is 1. The number of pyridine rings is 1. The van der Waals surface area contributed by atoms with Gasteiger partial charge in [-0.05, 0) is 25.0 Å². The Bertz CT molecular complexity index is 668. The van der Waals surface area contributed by atoms with E-state index in [1.54, 1.807) is 12.3 Å². The number of morpholine rings is 1. The fourth-order valence-corrected chi connectivity index (χ4v) is 4.61. The Morgan fingerprint density at radius 1 is 1.24 bits per heavy atom. The molecule has 0 bridgehead atoms. The van der Waals surface area contributed by atoms with E-state index in [9.17, 15) is 8.42 Å². The van der Waals surface area contributed by atoms with Crippen LogP contribution in [0.4, 0.5) is 5.82 Å². The lowest BCUT2D eigenvalue weighted by Gasteiger charge is -2.42. The minimum Gasteiger partial charge on any atom is -0.379 e. The summed E-state index contributed by atoms with van der Waals surface area (Å²) in [6.45, 7) is 5.24. The molecule has 140 valence electrons. The first-order valence-electron chi connectivity index (χ1n) is 9.00. The minimum absolute atomic E-state index is 0.0623. The molecule has 3 rings (SSSR count). The molecule has 1 aliphatic carbocycles. The highest BCUT2D eigenvalue weighted by Gasteiger charge is 2.34. The number of nitrogens with one attached hydrogen (secondary N) is 1. The smallest absolute Gasteiger partial charge is 0.241 e. The zero-order valence-electron chi connectivity index (χ0n) is 14.6. The molecule has 0 amide bonds. The number of aromatic nitrogens is 1. The zero-order chi connectivity index (χ0) is 17.8. The maximum Gasteiger partial charge on any atom is 0.241 e. The van der Waals surface area contributed by atoms with Gasteiger partial charge < -0.3 is 10.1 Å². The van der Waals surface area contributed by atoms with Crippen LogP contribution in [-0.4, -0.2) is 57.7 Å². The lowest BCUT2D eigenvalue weighted by Crippen LogP contribution is -2.47. The molecule has 2 heterocycles. The average molecular weight is 369 g/mol. The summed E-state index contributed by atoms with van der Waals surface area (Å²) in [5.74, 6) is 0.358. The highest BCUT2D eigenvalue weighted by Crippen LogP contribution is 2.37. The second-order valence-corrected chi connectivity index (χ2v) is 8.73. The van der Waals surface area contributed by atoms with Crippen molar-refractivity contribution in [2.75, 3.05) is 44.7 Å². The third-order valence-electron chi connectivity index (χ3n) is 5.28. The van der Waals surface area contributed by atoms with Crippen molar-refractivity contribution in [1.29, 1.82) is 0 Å². The average Bonchev–Trinajstić information content (AvgIpc) is 2.61. The molecular weight excluding hydrogens is 340 g/mol. The Morgan fingerprint density at radius 2 is 1.96 bits per heavy atom. The highest BCUT2D eigenvalue weighted by molar-refractivity contribution is 7.89. The molecule has 1 saturated heterocycles. The molecule has 3 N–H and O–H groups in total. The summed E-state index contributed by atoms with van der Waals surface area (Å²) in [7, 11) is -3.79. The number of sulfonamides is 1. The van der Waals surface area contributed by atoms with Crippen molar-refractivity contribution in [3.05, 3.63) is 18.3 Å². The van der Waals surface area contributed by atoms with Crippen molar-refractivity contribution in [1.82, 2.24) is 9.88 Å². The van der Waals surface area contributed by atoms with Gasteiger partial charge in [-0.15, -0.1) is 0 Å². The van der Waals surface area contributed by atoms with Crippen molar-refractivity contribution >= 4 is 15.8 Å². The molecule has 1 saturated carbocycles. The van der Waals surface area contributed by atoms with E-state index >= 15 is 0 Å². The van der Waals surface area contributed by atoms with E-state index in [0.717, 1.165) is 45.7 Å². The van der Waals surface area contributed by atoms with Crippen LogP contribution >= 0.6 is 0 Å². The quantitative estimate of drug-likeness (QED) is 0.788. The Labute approximate surface area is 150 Å². The topological polar surface area (TPSA) is 97.6 Å². The van der Waals surface area contributed by atoms with Crippen LogP contribution in [0.1, 0.15) is 32.1 Å². The van der Waals surface area contributed by atoms with Crippen LogP contribution in [0.15, 0.2) is 23.2 Å². The van der Waals surface area contributed by atoms with Crippen molar-refractivity contribution in [3.8, 4) is 0 Å². The first-order chi connectivity index (χ1) is 12.0. The lowest BCUT2D eigenvalue weighted by atomic mass is 9.73. The van der Waals surface area contributed by atoms with Crippen molar-refractivity contribution in [3.63, 3.8) is 0 Å². The Hall–Kier alpha value is -1.22. The van der Waals surface area contributed by atoms with Crippen molar-refractivity contribution in [2.45, 2.75) is 37.0 Å². The maximum atomic E-state index is 11.8. The second kappa shape index (κ2) is 7.99. The van der Waals surface area contributed by atoms with Crippen LogP contribution in [0, 0.1) is 5.41 Å². The van der Waals surface area contributed by atoms with Gasteiger partial charge in [0.15, 0.2) is 0 Å². The standard InChI is InChI=1S/C17H28N4O3S/c18-25(22,23)15-5-4-8-19-16(15)20-13-17(6-2-1-3-7-17)14-21-9-11-24-12-10-21/h4-5,8H,1-3,6-7,9-14H2,(H,19,20)(H2,18,22,23). The summed E-state index contributed by atoms with van der Waals surface area (Å²) < 4.78 is 29.0. The van der Waals surface area contributed by atoms with Crippen LogP contribution in [0.3, 0.4) is 0 Å². The number of hydrogen-bond donors (Lipinski definition) is 2. The van der Waals surface area contributed by atoms with Gasteiger partial charge in [0.05, 0.1) is 13.2 Å². The molecule has 25 heavy (non-hydrogen) atoms.